The van der Waals surface area contributed by atoms with E-state index in [1.807, 2.05) is 0 Å². The highest BCUT2D eigenvalue weighted by Gasteiger charge is 2.16. The van der Waals surface area contributed by atoms with Gasteiger partial charge in [0.15, 0.2) is 0 Å². The molecule has 0 aliphatic heterocycles. The van der Waals surface area contributed by atoms with E-state index in [0.29, 0.717) is 0 Å². The van der Waals surface area contributed by atoms with Crippen LogP contribution in [0.3, 0.4) is 0 Å². The summed E-state index contributed by atoms with van der Waals surface area (Å²) in [6.45, 7) is 0. The Morgan fingerprint density at radius 3 is 1.78 bits per heavy atom. The molecule has 0 aliphatic carbocycles. The van der Waals surface area contributed by atoms with Crippen LogP contribution in [0.1, 0.15) is 0 Å². The van der Waals surface area contributed by atoms with Gasteiger partial charge in [0.05, 0.1) is 16.7 Å². The molecule has 10 rings (SSSR count). The summed E-state index contributed by atoms with van der Waals surface area (Å²) >= 11 is 0. The predicted octanol–water partition coefficient (Wildman–Crippen LogP) is 12.3. The Balaban J connectivity index is 1.13. The van der Waals surface area contributed by atoms with Crippen molar-refractivity contribution in [2.75, 3.05) is 0 Å². The van der Waals surface area contributed by atoms with E-state index in [0.717, 1.165) is 16.6 Å². The van der Waals surface area contributed by atoms with E-state index < -0.39 is 0 Å². The molecule has 214 valence electrons. The highest BCUT2D eigenvalue weighted by Crippen LogP contribution is 2.39. The van der Waals surface area contributed by atoms with E-state index in [-0.39, 0.29) is 0 Å². The lowest BCUT2D eigenvalue weighted by Crippen LogP contribution is -1.95. The number of para-hydroxylation sites is 1. The van der Waals surface area contributed by atoms with Gasteiger partial charge in [-0.3, -0.25) is 0 Å². The first-order valence-corrected chi connectivity index (χ1v) is 15.8. The van der Waals surface area contributed by atoms with E-state index in [1.54, 1.807) is 0 Å². The Hall–Kier alpha value is -6.12. The van der Waals surface area contributed by atoms with E-state index in [1.165, 1.54) is 76.7 Å². The summed E-state index contributed by atoms with van der Waals surface area (Å²) in [6.07, 6.45) is 0. The molecule has 0 unspecified atom stereocenters. The van der Waals surface area contributed by atoms with Crippen LogP contribution in [0.2, 0.25) is 0 Å². The second kappa shape index (κ2) is 9.69. The fourth-order valence-corrected chi connectivity index (χ4v) is 7.42. The standard InChI is InChI=1S/C44H27NO/c1-3-14-34-28(9-1)11-8-18-39(34)45-40-17-6-5-16-36(40)37-26-32(19-22-41(37)45)30-12-7-13-31(25-30)33-21-23-42-38(27-33)44-35-15-4-2-10-29(35)20-24-43(44)46-42/h1-27H. The monoisotopic (exact) mass is 585 g/mol. The van der Waals surface area contributed by atoms with E-state index in [4.69, 9.17) is 4.42 Å². The number of hydrogen-bond acceptors (Lipinski definition) is 1. The van der Waals surface area contributed by atoms with Crippen molar-refractivity contribution in [3.63, 3.8) is 0 Å². The molecule has 10 aromatic rings. The molecule has 0 atom stereocenters. The third kappa shape index (κ3) is 3.71. The Kier molecular flexibility index (Phi) is 5.31. The minimum Gasteiger partial charge on any atom is -0.456 e. The van der Waals surface area contributed by atoms with Crippen molar-refractivity contribution < 1.29 is 4.42 Å². The molecule has 8 aromatic carbocycles. The summed E-state index contributed by atoms with van der Waals surface area (Å²) < 4.78 is 8.69. The van der Waals surface area contributed by atoms with Gasteiger partial charge in [0, 0.05) is 26.9 Å². The number of nitrogens with zero attached hydrogens (tertiary/aromatic N) is 1. The third-order valence-corrected chi connectivity index (χ3v) is 9.57. The Morgan fingerprint density at radius 2 is 0.935 bits per heavy atom. The van der Waals surface area contributed by atoms with Gasteiger partial charge in [-0.2, -0.15) is 0 Å². The van der Waals surface area contributed by atoms with Gasteiger partial charge in [-0.15, -0.1) is 0 Å². The minimum atomic E-state index is 0.916. The van der Waals surface area contributed by atoms with E-state index >= 15 is 0 Å². The first-order chi connectivity index (χ1) is 22.8. The van der Waals surface area contributed by atoms with Crippen LogP contribution in [0.25, 0.3) is 93.2 Å². The zero-order valence-corrected chi connectivity index (χ0v) is 24.9. The van der Waals surface area contributed by atoms with Crippen LogP contribution >= 0.6 is 0 Å². The smallest absolute Gasteiger partial charge is 0.136 e. The Labute approximate surface area is 265 Å². The average Bonchev–Trinajstić information content (AvgIpc) is 3.67. The molecule has 0 aliphatic rings. The van der Waals surface area contributed by atoms with Gasteiger partial charge < -0.3 is 8.98 Å². The third-order valence-electron chi connectivity index (χ3n) is 9.57. The summed E-state index contributed by atoms with van der Waals surface area (Å²) in [7, 11) is 0. The molecule has 2 nitrogen and oxygen atoms in total. The average molecular weight is 586 g/mol. The number of aromatic nitrogens is 1. The largest absolute Gasteiger partial charge is 0.456 e. The van der Waals surface area contributed by atoms with Crippen molar-refractivity contribution in [3.05, 3.63) is 164 Å². The minimum absolute atomic E-state index is 0.916. The molecule has 2 aromatic heterocycles. The lowest BCUT2D eigenvalue weighted by atomic mass is 9.96. The molecule has 0 spiro atoms. The molecule has 0 N–H and O–H groups in total. The Bertz CT molecular complexity index is 2810. The topological polar surface area (TPSA) is 18.1 Å². The molecule has 0 fully saturated rings. The first-order valence-electron chi connectivity index (χ1n) is 15.8. The lowest BCUT2D eigenvalue weighted by molar-refractivity contribution is 0.669. The van der Waals surface area contributed by atoms with Gasteiger partial charge in [0.1, 0.15) is 11.2 Å². The van der Waals surface area contributed by atoms with Crippen LogP contribution in [-0.2, 0) is 0 Å². The fourth-order valence-electron chi connectivity index (χ4n) is 7.42. The van der Waals surface area contributed by atoms with Crippen LogP contribution < -0.4 is 0 Å². The number of furan rings is 1. The highest BCUT2D eigenvalue weighted by molar-refractivity contribution is 6.19. The molecular weight excluding hydrogens is 558 g/mol. The zero-order valence-electron chi connectivity index (χ0n) is 24.9. The number of benzene rings is 8. The summed E-state index contributed by atoms with van der Waals surface area (Å²) in [5, 5.41) is 9.78. The summed E-state index contributed by atoms with van der Waals surface area (Å²) in [4.78, 5) is 0. The molecule has 0 bridgehead atoms. The number of rotatable bonds is 3. The molecule has 0 amide bonds. The zero-order chi connectivity index (χ0) is 30.2. The number of fused-ring (bicyclic) bond motifs is 9. The van der Waals surface area contributed by atoms with Gasteiger partial charge in [-0.1, -0.05) is 115 Å². The number of hydrogen-bond donors (Lipinski definition) is 0. The fraction of sp³-hybridized carbons (Fsp3) is 0. The Morgan fingerprint density at radius 1 is 0.348 bits per heavy atom. The van der Waals surface area contributed by atoms with E-state index in [2.05, 4.69) is 168 Å². The van der Waals surface area contributed by atoms with Crippen LogP contribution in [0.15, 0.2) is 168 Å². The molecular formula is C44H27NO. The SMILES string of the molecule is c1cc(-c2ccc3oc4ccc5ccccc5c4c3c2)cc(-c2ccc3c(c2)c2ccccc2n3-c2cccc3ccccc23)c1. The lowest BCUT2D eigenvalue weighted by Gasteiger charge is -2.12. The summed E-state index contributed by atoms with van der Waals surface area (Å²) in [5.41, 5.74) is 10.2. The van der Waals surface area contributed by atoms with Crippen LogP contribution in [-0.4, -0.2) is 4.57 Å². The maximum absolute atomic E-state index is 6.28. The van der Waals surface area contributed by atoms with Crippen molar-refractivity contribution >= 4 is 65.3 Å². The molecule has 0 saturated heterocycles. The van der Waals surface area contributed by atoms with Gasteiger partial charge in [0.25, 0.3) is 0 Å². The molecule has 2 heteroatoms. The quantitative estimate of drug-likeness (QED) is 0.202. The molecule has 0 saturated carbocycles. The molecule has 0 radical (unpaired) electrons. The van der Waals surface area contributed by atoms with Crippen molar-refractivity contribution in [3.8, 4) is 27.9 Å². The van der Waals surface area contributed by atoms with Gasteiger partial charge in [-0.25, -0.2) is 0 Å². The normalized spacial score (nSPS) is 11.9. The van der Waals surface area contributed by atoms with Crippen LogP contribution in [0.5, 0.6) is 0 Å². The maximum atomic E-state index is 6.28. The van der Waals surface area contributed by atoms with Crippen LogP contribution in [0.4, 0.5) is 0 Å². The van der Waals surface area contributed by atoms with Crippen molar-refractivity contribution in [2.45, 2.75) is 0 Å². The maximum Gasteiger partial charge on any atom is 0.136 e. The molecule has 46 heavy (non-hydrogen) atoms. The highest BCUT2D eigenvalue weighted by atomic mass is 16.3. The van der Waals surface area contributed by atoms with Gasteiger partial charge in [-0.05, 0) is 86.9 Å². The van der Waals surface area contributed by atoms with Crippen molar-refractivity contribution in [1.29, 1.82) is 0 Å². The second-order valence-electron chi connectivity index (χ2n) is 12.1. The summed E-state index contributed by atoms with van der Waals surface area (Å²) in [5.74, 6) is 0. The summed E-state index contributed by atoms with van der Waals surface area (Å²) in [6, 6.07) is 59.1. The van der Waals surface area contributed by atoms with Crippen molar-refractivity contribution in [1.82, 2.24) is 4.57 Å². The van der Waals surface area contributed by atoms with Crippen LogP contribution in [0, 0.1) is 0 Å². The molecule has 2 heterocycles. The van der Waals surface area contributed by atoms with Gasteiger partial charge in [0.2, 0.25) is 0 Å². The first kappa shape index (κ1) is 25.2. The predicted molar refractivity (Wildman–Crippen MR) is 194 cm³/mol. The van der Waals surface area contributed by atoms with E-state index in [9.17, 15) is 0 Å². The van der Waals surface area contributed by atoms with Crippen molar-refractivity contribution in [2.24, 2.45) is 0 Å². The van der Waals surface area contributed by atoms with Gasteiger partial charge >= 0.3 is 0 Å². The second-order valence-corrected chi connectivity index (χ2v) is 12.1.